The highest BCUT2D eigenvalue weighted by molar-refractivity contribution is 7.89. The van der Waals surface area contributed by atoms with Crippen molar-refractivity contribution in [2.24, 2.45) is 0 Å². The Labute approximate surface area is 123 Å². The van der Waals surface area contributed by atoms with Gasteiger partial charge in [-0.2, -0.15) is 4.31 Å². The molecule has 0 aliphatic carbocycles. The lowest BCUT2D eigenvalue weighted by molar-refractivity contribution is 0.444. The molecule has 0 saturated heterocycles. The molecule has 0 atom stereocenters. The number of hydrogen-bond acceptors (Lipinski definition) is 3. The van der Waals surface area contributed by atoms with Crippen LogP contribution in [0.4, 0.5) is 0 Å². The minimum atomic E-state index is -3.39. The fourth-order valence-corrected chi connectivity index (χ4v) is 4.02. The van der Waals surface area contributed by atoms with Crippen molar-refractivity contribution in [2.75, 3.05) is 19.6 Å². The standard InChI is InChI=1S/C15H26N2O2S/c1-6-16-11-14-10-15(13(5)9-12(14)4)20(18,19)17(7-2)8-3/h9-10,16H,6-8,11H2,1-5H3. The van der Waals surface area contributed by atoms with Crippen molar-refractivity contribution in [3.8, 4) is 0 Å². The predicted molar refractivity (Wildman–Crippen MR) is 83.4 cm³/mol. The van der Waals surface area contributed by atoms with E-state index in [0.717, 1.165) is 23.2 Å². The van der Waals surface area contributed by atoms with Crippen LogP contribution in [0.25, 0.3) is 0 Å². The van der Waals surface area contributed by atoms with Gasteiger partial charge in [0.15, 0.2) is 0 Å². The van der Waals surface area contributed by atoms with Gasteiger partial charge < -0.3 is 5.32 Å². The van der Waals surface area contributed by atoms with Crippen molar-refractivity contribution in [2.45, 2.75) is 46.1 Å². The third kappa shape index (κ3) is 3.59. The normalized spacial score (nSPS) is 12.1. The topological polar surface area (TPSA) is 49.4 Å². The number of benzene rings is 1. The van der Waals surface area contributed by atoms with E-state index in [2.05, 4.69) is 5.32 Å². The molecule has 0 fully saturated rings. The fourth-order valence-electron chi connectivity index (χ4n) is 2.31. The number of aryl methyl sites for hydroxylation is 2. The summed E-state index contributed by atoms with van der Waals surface area (Å²) in [6.45, 7) is 12.2. The van der Waals surface area contributed by atoms with Crippen LogP contribution in [0.15, 0.2) is 17.0 Å². The van der Waals surface area contributed by atoms with E-state index in [1.807, 2.05) is 46.8 Å². The van der Waals surface area contributed by atoms with Crippen LogP contribution in [0.2, 0.25) is 0 Å². The molecule has 1 rings (SSSR count). The molecule has 0 aromatic heterocycles. The third-order valence-electron chi connectivity index (χ3n) is 3.52. The summed E-state index contributed by atoms with van der Waals surface area (Å²) >= 11 is 0. The lowest BCUT2D eigenvalue weighted by Gasteiger charge is -2.21. The van der Waals surface area contributed by atoms with Crippen LogP contribution in [-0.4, -0.2) is 32.4 Å². The van der Waals surface area contributed by atoms with Crippen LogP contribution >= 0.6 is 0 Å². The van der Waals surface area contributed by atoms with E-state index in [1.54, 1.807) is 0 Å². The van der Waals surface area contributed by atoms with Crippen molar-refractivity contribution in [3.05, 3.63) is 28.8 Å². The van der Waals surface area contributed by atoms with E-state index in [0.29, 0.717) is 24.5 Å². The molecule has 114 valence electrons. The van der Waals surface area contributed by atoms with Crippen molar-refractivity contribution >= 4 is 10.0 Å². The smallest absolute Gasteiger partial charge is 0.243 e. The second-order valence-corrected chi connectivity index (χ2v) is 6.82. The van der Waals surface area contributed by atoms with Crippen LogP contribution in [0, 0.1) is 13.8 Å². The molecule has 0 radical (unpaired) electrons. The number of nitrogens with one attached hydrogen (secondary N) is 1. The molecule has 20 heavy (non-hydrogen) atoms. The number of sulfonamides is 1. The average Bonchev–Trinajstić information content (AvgIpc) is 2.38. The molecule has 0 aliphatic rings. The van der Waals surface area contributed by atoms with E-state index in [-0.39, 0.29) is 0 Å². The number of rotatable bonds is 7. The lowest BCUT2D eigenvalue weighted by atomic mass is 10.1. The molecular formula is C15H26N2O2S. The molecule has 4 nitrogen and oxygen atoms in total. The van der Waals surface area contributed by atoms with Gasteiger partial charge in [0.2, 0.25) is 10.0 Å². The average molecular weight is 298 g/mol. The quantitative estimate of drug-likeness (QED) is 0.841. The first-order valence-electron chi connectivity index (χ1n) is 7.19. The Morgan fingerprint density at radius 2 is 1.65 bits per heavy atom. The van der Waals surface area contributed by atoms with Crippen molar-refractivity contribution < 1.29 is 8.42 Å². The van der Waals surface area contributed by atoms with Gasteiger partial charge in [-0.1, -0.05) is 26.8 Å². The zero-order valence-electron chi connectivity index (χ0n) is 13.2. The van der Waals surface area contributed by atoms with Gasteiger partial charge in [0.1, 0.15) is 0 Å². The van der Waals surface area contributed by atoms with Gasteiger partial charge >= 0.3 is 0 Å². The van der Waals surface area contributed by atoms with Crippen molar-refractivity contribution in [1.29, 1.82) is 0 Å². The van der Waals surface area contributed by atoms with Gasteiger partial charge in [-0.15, -0.1) is 0 Å². The summed E-state index contributed by atoms with van der Waals surface area (Å²) in [5, 5.41) is 3.25. The summed E-state index contributed by atoms with van der Waals surface area (Å²) in [7, 11) is -3.39. The van der Waals surface area contributed by atoms with E-state index < -0.39 is 10.0 Å². The summed E-state index contributed by atoms with van der Waals surface area (Å²) in [6, 6.07) is 3.78. The molecule has 1 N–H and O–H groups in total. The summed E-state index contributed by atoms with van der Waals surface area (Å²) in [5.41, 5.74) is 2.99. The minimum Gasteiger partial charge on any atom is -0.313 e. The highest BCUT2D eigenvalue weighted by Gasteiger charge is 2.24. The molecular weight excluding hydrogens is 272 g/mol. The Hall–Kier alpha value is -0.910. The molecule has 5 heteroatoms. The second kappa shape index (κ2) is 7.20. The molecule has 0 spiro atoms. The van der Waals surface area contributed by atoms with Gasteiger partial charge in [0.25, 0.3) is 0 Å². The lowest BCUT2D eigenvalue weighted by Crippen LogP contribution is -2.31. The second-order valence-electron chi connectivity index (χ2n) is 4.91. The first-order valence-corrected chi connectivity index (χ1v) is 8.63. The highest BCUT2D eigenvalue weighted by Crippen LogP contribution is 2.23. The van der Waals surface area contributed by atoms with Gasteiger partial charge in [-0.25, -0.2) is 8.42 Å². The molecule has 0 heterocycles. The largest absolute Gasteiger partial charge is 0.313 e. The van der Waals surface area contributed by atoms with Crippen molar-refractivity contribution in [3.63, 3.8) is 0 Å². The molecule has 1 aromatic rings. The Morgan fingerprint density at radius 3 is 2.15 bits per heavy atom. The molecule has 0 amide bonds. The molecule has 0 unspecified atom stereocenters. The maximum atomic E-state index is 12.7. The fraction of sp³-hybridized carbons (Fsp3) is 0.600. The first kappa shape index (κ1) is 17.1. The number of hydrogen-bond donors (Lipinski definition) is 1. The van der Waals surface area contributed by atoms with Gasteiger partial charge in [-0.3, -0.25) is 0 Å². The minimum absolute atomic E-state index is 0.430. The zero-order chi connectivity index (χ0) is 15.3. The van der Waals surface area contributed by atoms with E-state index in [1.165, 1.54) is 4.31 Å². The Kier molecular flexibility index (Phi) is 6.17. The van der Waals surface area contributed by atoms with Crippen LogP contribution in [0.3, 0.4) is 0 Å². The Balaban J connectivity index is 3.30. The Morgan fingerprint density at radius 1 is 1.05 bits per heavy atom. The van der Waals surface area contributed by atoms with E-state index in [4.69, 9.17) is 0 Å². The van der Waals surface area contributed by atoms with Crippen molar-refractivity contribution in [1.82, 2.24) is 9.62 Å². The molecule has 0 aliphatic heterocycles. The van der Waals surface area contributed by atoms with Gasteiger partial charge in [-0.05, 0) is 43.1 Å². The molecule has 0 bridgehead atoms. The SMILES string of the molecule is CCNCc1cc(S(=O)(=O)N(CC)CC)c(C)cc1C. The monoisotopic (exact) mass is 298 g/mol. The van der Waals surface area contributed by atoms with Crippen LogP contribution in [0.5, 0.6) is 0 Å². The van der Waals surface area contributed by atoms with Crippen LogP contribution in [-0.2, 0) is 16.6 Å². The Bertz CT molecular complexity index is 549. The van der Waals surface area contributed by atoms with Crippen LogP contribution in [0.1, 0.15) is 37.5 Å². The van der Waals surface area contributed by atoms with Gasteiger partial charge in [0.05, 0.1) is 4.90 Å². The molecule has 0 saturated carbocycles. The maximum Gasteiger partial charge on any atom is 0.243 e. The van der Waals surface area contributed by atoms with E-state index in [9.17, 15) is 8.42 Å². The first-order chi connectivity index (χ1) is 9.38. The van der Waals surface area contributed by atoms with E-state index >= 15 is 0 Å². The van der Waals surface area contributed by atoms with Crippen LogP contribution < -0.4 is 5.32 Å². The zero-order valence-corrected chi connectivity index (χ0v) is 14.0. The molecule has 1 aromatic carbocycles. The predicted octanol–water partition coefficient (Wildman–Crippen LogP) is 2.44. The third-order valence-corrected chi connectivity index (χ3v) is 5.71. The maximum absolute atomic E-state index is 12.7. The highest BCUT2D eigenvalue weighted by atomic mass is 32.2. The summed E-state index contributed by atoms with van der Waals surface area (Å²) < 4.78 is 26.8. The summed E-state index contributed by atoms with van der Waals surface area (Å²) in [4.78, 5) is 0.430. The summed E-state index contributed by atoms with van der Waals surface area (Å²) in [5.74, 6) is 0. The number of nitrogens with zero attached hydrogens (tertiary/aromatic N) is 1. The van der Waals surface area contributed by atoms with Gasteiger partial charge in [0, 0.05) is 19.6 Å². The summed E-state index contributed by atoms with van der Waals surface area (Å²) in [6.07, 6.45) is 0.